The molecular weight excluding hydrogens is 528 g/mol. The average Bonchev–Trinajstić information content (AvgIpc) is 3.71. The summed E-state index contributed by atoms with van der Waals surface area (Å²) in [7, 11) is 0. The van der Waals surface area contributed by atoms with Crippen molar-refractivity contribution in [2.75, 3.05) is 0 Å². The zero-order valence-corrected chi connectivity index (χ0v) is 23.8. The van der Waals surface area contributed by atoms with Gasteiger partial charge in [0.05, 0.1) is 5.69 Å². The number of hydrogen-bond donors (Lipinski definition) is 0. The van der Waals surface area contributed by atoms with Gasteiger partial charge in [-0.3, -0.25) is 0 Å². The van der Waals surface area contributed by atoms with Gasteiger partial charge in [-0.05, 0) is 58.7 Å². The molecule has 204 valence electrons. The summed E-state index contributed by atoms with van der Waals surface area (Å²) in [5, 5.41) is 3.22. The highest BCUT2D eigenvalue weighted by Crippen LogP contribution is 2.52. The van der Waals surface area contributed by atoms with Crippen molar-refractivity contribution in [3.05, 3.63) is 132 Å². The molecule has 0 fully saturated rings. The van der Waals surface area contributed by atoms with Crippen LogP contribution in [0.2, 0.25) is 0 Å². The number of benzene rings is 5. The molecule has 0 saturated carbocycles. The van der Waals surface area contributed by atoms with E-state index < -0.39 is 0 Å². The molecule has 0 unspecified atom stereocenters. The van der Waals surface area contributed by atoms with Crippen LogP contribution in [0, 0.1) is 0 Å². The molecule has 1 aliphatic carbocycles. The predicted octanol–water partition coefficient (Wildman–Crippen LogP) is 10.4. The first-order chi connectivity index (χ1) is 21.0. The molecule has 0 aliphatic heterocycles. The Bertz CT molecular complexity index is 2360. The van der Waals surface area contributed by atoms with Crippen LogP contribution in [-0.4, -0.2) is 9.97 Å². The van der Waals surface area contributed by atoms with Crippen molar-refractivity contribution in [3.63, 3.8) is 0 Å². The van der Waals surface area contributed by atoms with Gasteiger partial charge in [-0.15, -0.1) is 0 Å². The number of aromatic nitrogens is 2. The maximum atomic E-state index is 6.32. The molecule has 0 amide bonds. The number of furan rings is 2. The van der Waals surface area contributed by atoms with Gasteiger partial charge in [-0.2, -0.15) is 0 Å². The highest BCUT2D eigenvalue weighted by molar-refractivity contribution is 6.05. The second-order valence-corrected chi connectivity index (χ2v) is 11.8. The number of fused-ring (bicyclic) bond motifs is 7. The fraction of sp³-hybridized carbons (Fsp3) is 0.0769. The molecule has 43 heavy (non-hydrogen) atoms. The van der Waals surface area contributed by atoms with Gasteiger partial charge < -0.3 is 8.83 Å². The van der Waals surface area contributed by atoms with E-state index in [-0.39, 0.29) is 5.41 Å². The predicted molar refractivity (Wildman–Crippen MR) is 173 cm³/mol. The van der Waals surface area contributed by atoms with E-state index >= 15 is 0 Å². The molecular formula is C39H26N2O2. The fourth-order valence-corrected chi connectivity index (χ4v) is 6.78. The average molecular weight is 555 g/mol. The minimum absolute atomic E-state index is 0.105. The number of hydrogen-bond acceptors (Lipinski definition) is 4. The Labute approximate surface area is 248 Å². The van der Waals surface area contributed by atoms with Crippen molar-refractivity contribution in [2.45, 2.75) is 19.3 Å². The second-order valence-electron chi connectivity index (χ2n) is 11.8. The van der Waals surface area contributed by atoms with Crippen LogP contribution in [0.3, 0.4) is 0 Å². The van der Waals surface area contributed by atoms with E-state index in [0.29, 0.717) is 11.6 Å². The molecule has 0 spiro atoms. The first kappa shape index (κ1) is 24.2. The van der Waals surface area contributed by atoms with Crippen molar-refractivity contribution in [3.8, 4) is 45.2 Å². The van der Waals surface area contributed by atoms with E-state index in [0.717, 1.165) is 55.4 Å². The number of rotatable bonds is 3. The van der Waals surface area contributed by atoms with Crippen molar-refractivity contribution in [2.24, 2.45) is 0 Å². The van der Waals surface area contributed by atoms with Gasteiger partial charge in [0.15, 0.2) is 11.6 Å². The third-order valence-electron chi connectivity index (χ3n) is 8.92. The molecule has 9 rings (SSSR count). The van der Waals surface area contributed by atoms with Crippen LogP contribution >= 0.6 is 0 Å². The van der Waals surface area contributed by atoms with E-state index in [2.05, 4.69) is 92.7 Å². The highest BCUT2D eigenvalue weighted by Gasteiger charge is 2.36. The Kier molecular flexibility index (Phi) is 4.92. The Balaban J connectivity index is 1.30. The molecule has 0 radical (unpaired) electrons. The topological polar surface area (TPSA) is 52.1 Å². The summed E-state index contributed by atoms with van der Waals surface area (Å²) in [5.41, 5.74) is 11.1. The van der Waals surface area contributed by atoms with Gasteiger partial charge in [0.1, 0.15) is 22.4 Å². The molecule has 0 bridgehead atoms. The first-order valence-electron chi connectivity index (χ1n) is 14.6. The van der Waals surface area contributed by atoms with Crippen LogP contribution < -0.4 is 0 Å². The summed E-state index contributed by atoms with van der Waals surface area (Å²) in [6.07, 6.45) is 0. The number of para-hydroxylation sites is 2. The summed E-state index contributed by atoms with van der Waals surface area (Å²) < 4.78 is 12.6. The second kappa shape index (κ2) is 8.76. The Morgan fingerprint density at radius 2 is 1.26 bits per heavy atom. The summed E-state index contributed by atoms with van der Waals surface area (Å²) in [4.78, 5) is 10.3. The van der Waals surface area contributed by atoms with Gasteiger partial charge in [-0.1, -0.05) is 98.8 Å². The lowest BCUT2D eigenvalue weighted by molar-refractivity contribution is 0.628. The molecule has 0 atom stereocenters. The molecule has 0 N–H and O–H groups in total. The molecule has 1 aliphatic rings. The van der Waals surface area contributed by atoms with Gasteiger partial charge in [-0.25, -0.2) is 9.97 Å². The van der Waals surface area contributed by atoms with E-state index in [1.54, 1.807) is 0 Å². The minimum Gasteiger partial charge on any atom is -0.456 e. The molecule has 3 heterocycles. The van der Waals surface area contributed by atoms with Crippen molar-refractivity contribution in [1.29, 1.82) is 0 Å². The summed E-state index contributed by atoms with van der Waals surface area (Å²) in [5.74, 6) is 1.34. The first-order valence-corrected chi connectivity index (χ1v) is 14.6. The maximum absolute atomic E-state index is 6.32. The van der Waals surface area contributed by atoms with Crippen LogP contribution in [0.25, 0.3) is 78.1 Å². The molecule has 3 aromatic heterocycles. The SMILES string of the molecule is CC1(C)c2ccccc2-c2c(-c3cc(-c4cc5ccccc5o4)nc(-c4ccc5c(c4)oc4ccccc45)n3)cccc21. The quantitative estimate of drug-likeness (QED) is 0.218. The molecule has 4 nitrogen and oxygen atoms in total. The summed E-state index contributed by atoms with van der Waals surface area (Å²) in [6.45, 7) is 4.60. The van der Waals surface area contributed by atoms with Crippen LogP contribution in [0.5, 0.6) is 0 Å². The summed E-state index contributed by atoms with van der Waals surface area (Å²) >= 11 is 0. The van der Waals surface area contributed by atoms with Gasteiger partial charge in [0.25, 0.3) is 0 Å². The van der Waals surface area contributed by atoms with Gasteiger partial charge in [0, 0.05) is 32.7 Å². The lowest BCUT2D eigenvalue weighted by atomic mass is 9.82. The van der Waals surface area contributed by atoms with Crippen molar-refractivity contribution >= 4 is 32.9 Å². The van der Waals surface area contributed by atoms with E-state index in [1.165, 1.54) is 22.3 Å². The Hall–Kier alpha value is -5.48. The van der Waals surface area contributed by atoms with Crippen LogP contribution in [0.15, 0.2) is 130 Å². The minimum atomic E-state index is -0.105. The summed E-state index contributed by atoms with van der Waals surface area (Å²) in [6, 6.07) is 41.8. The Morgan fingerprint density at radius 1 is 0.535 bits per heavy atom. The lowest BCUT2D eigenvalue weighted by Gasteiger charge is -2.21. The molecule has 4 heteroatoms. The third-order valence-corrected chi connectivity index (χ3v) is 8.92. The van der Waals surface area contributed by atoms with E-state index in [4.69, 9.17) is 18.8 Å². The van der Waals surface area contributed by atoms with Gasteiger partial charge >= 0.3 is 0 Å². The zero-order chi connectivity index (χ0) is 28.7. The van der Waals surface area contributed by atoms with E-state index in [9.17, 15) is 0 Å². The smallest absolute Gasteiger partial charge is 0.160 e. The largest absolute Gasteiger partial charge is 0.456 e. The molecule has 8 aromatic rings. The van der Waals surface area contributed by atoms with E-state index in [1.807, 2.05) is 42.5 Å². The Morgan fingerprint density at radius 3 is 2.16 bits per heavy atom. The molecule has 5 aromatic carbocycles. The zero-order valence-electron chi connectivity index (χ0n) is 23.8. The normalized spacial score (nSPS) is 13.5. The third kappa shape index (κ3) is 3.56. The number of nitrogens with zero attached hydrogens (tertiary/aromatic N) is 2. The van der Waals surface area contributed by atoms with Crippen molar-refractivity contribution < 1.29 is 8.83 Å². The van der Waals surface area contributed by atoms with Crippen molar-refractivity contribution in [1.82, 2.24) is 9.97 Å². The van der Waals surface area contributed by atoms with Crippen LogP contribution in [-0.2, 0) is 5.41 Å². The lowest BCUT2D eigenvalue weighted by Crippen LogP contribution is -2.14. The van der Waals surface area contributed by atoms with Gasteiger partial charge in [0.2, 0.25) is 0 Å². The van der Waals surface area contributed by atoms with Crippen LogP contribution in [0.1, 0.15) is 25.0 Å². The monoisotopic (exact) mass is 554 g/mol. The maximum Gasteiger partial charge on any atom is 0.160 e. The fourth-order valence-electron chi connectivity index (χ4n) is 6.78. The van der Waals surface area contributed by atoms with Crippen LogP contribution in [0.4, 0.5) is 0 Å². The molecule has 0 saturated heterocycles. The standard InChI is InChI=1S/C39H26N2O2/c1-39(2)29-14-6-4-12-27(29)37-28(13-9-15-30(37)39)31-22-32(36-20-23-10-3-7-16-33(23)42-36)41-38(40-31)24-18-19-26-25-11-5-8-17-34(25)43-35(26)21-24/h3-22H,1-2H3. The highest BCUT2D eigenvalue weighted by atomic mass is 16.3.